The topological polar surface area (TPSA) is 12.4 Å². The third kappa shape index (κ3) is 3.50. The SMILES string of the molecule is Cc1cc(C)[c]([Ge]2([c]3c(C)cc(C)cc3C)[N]=C(c3ccccc3)c3cccc4c3[CH]2c2ccccc2-4)c(C)c1. The zero-order valence-electron chi connectivity index (χ0n) is 24.3. The van der Waals surface area contributed by atoms with Crippen LogP contribution in [0.5, 0.6) is 0 Å². The van der Waals surface area contributed by atoms with Crippen molar-refractivity contribution in [3.05, 3.63) is 153 Å². The van der Waals surface area contributed by atoms with Crippen LogP contribution in [0.25, 0.3) is 11.1 Å². The summed E-state index contributed by atoms with van der Waals surface area (Å²) in [6.45, 7) is 13.8. The standard InChI is InChI=1S/C38H35GeN/c1-23-19-25(3)35(26(4)20-23)39(36-27(5)21-24(2)22-28(36)6)37-32-16-11-10-15-30(32)31-17-12-18-33(34(31)37)38(40-39)29-13-8-7-9-14-29/h7-22,37H,1-6H3. The van der Waals surface area contributed by atoms with E-state index in [1.165, 1.54) is 81.3 Å². The minimum absolute atomic E-state index is 0.259. The summed E-state index contributed by atoms with van der Waals surface area (Å²) in [5.74, 6) is 0. The zero-order chi connectivity index (χ0) is 27.8. The second-order valence-electron chi connectivity index (χ2n) is 11.9. The van der Waals surface area contributed by atoms with Gasteiger partial charge in [0, 0.05) is 0 Å². The molecule has 40 heavy (non-hydrogen) atoms. The van der Waals surface area contributed by atoms with Crippen molar-refractivity contribution in [2.45, 2.75) is 46.3 Å². The van der Waals surface area contributed by atoms with Crippen LogP contribution in [0.3, 0.4) is 0 Å². The van der Waals surface area contributed by atoms with Crippen LogP contribution in [-0.2, 0) is 0 Å². The third-order valence-corrected chi connectivity index (χ3v) is 19.8. The molecule has 0 bridgehead atoms. The van der Waals surface area contributed by atoms with Crippen LogP contribution in [0.1, 0.15) is 60.4 Å². The number of fused-ring (bicyclic) bond motifs is 3. The number of hydrogen-bond acceptors (Lipinski definition) is 1. The molecule has 0 fully saturated rings. The Morgan fingerprint density at radius 3 is 1.62 bits per heavy atom. The summed E-state index contributed by atoms with van der Waals surface area (Å²) in [7, 11) is 0. The summed E-state index contributed by atoms with van der Waals surface area (Å²) in [6.07, 6.45) is 0. The molecular formula is C38H35GeN. The first kappa shape index (κ1) is 25.3. The van der Waals surface area contributed by atoms with Crippen molar-refractivity contribution in [2.24, 2.45) is 3.95 Å². The first-order valence-electron chi connectivity index (χ1n) is 14.4. The van der Waals surface area contributed by atoms with Gasteiger partial charge in [0.1, 0.15) is 0 Å². The van der Waals surface area contributed by atoms with Crippen molar-refractivity contribution in [1.82, 2.24) is 0 Å². The van der Waals surface area contributed by atoms with Crippen LogP contribution in [0.4, 0.5) is 0 Å². The van der Waals surface area contributed by atoms with Crippen molar-refractivity contribution in [3.8, 4) is 11.1 Å². The first-order chi connectivity index (χ1) is 19.3. The summed E-state index contributed by atoms with van der Waals surface area (Å²) in [6, 6.07) is 36.6. The van der Waals surface area contributed by atoms with Gasteiger partial charge in [-0.25, -0.2) is 0 Å². The van der Waals surface area contributed by atoms with Gasteiger partial charge in [0.25, 0.3) is 0 Å². The molecule has 0 saturated carbocycles. The molecule has 2 aliphatic rings. The van der Waals surface area contributed by atoms with Gasteiger partial charge in [0.2, 0.25) is 0 Å². The Bertz CT molecular complexity index is 1760. The molecule has 1 aliphatic heterocycles. The Labute approximate surface area is 241 Å². The number of aryl methyl sites for hydroxylation is 6. The maximum atomic E-state index is 6.26. The van der Waals surface area contributed by atoms with Crippen LogP contribution in [0, 0.1) is 41.5 Å². The second kappa shape index (κ2) is 9.18. The third-order valence-electron chi connectivity index (χ3n) is 9.08. The first-order valence-corrected chi connectivity index (χ1v) is 18.6. The van der Waals surface area contributed by atoms with Crippen LogP contribution in [0.15, 0.2) is 101 Å². The molecule has 1 unspecified atom stereocenters. The van der Waals surface area contributed by atoms with E-state index in [0.29, 0.717) is 0 Å². The molecule has 1 nitrogen and oxygen atoms in total. The van der Waals surface area contributed by atoms with Gasteiger partial charge in [0.15, 0.2) is 0 Å². The fourth-order valence-electron chi connectivity index (χ4n) is 8.11. The maximum absolute atomic E-state index is 6.26. The van der Waals surface area contributed by atoms with Gasteiger partial charge < -0.3 is 0 Å². The predicted octanol–water partition coefficient (Wildman–Crippen LogP) is 7.80. The summed E-state index contributed by atoms with van der Waals surface area (Å²) in [5, 5.41) is 0. The number of benzene rings is 5. The van der Waals surface area contributed by atoms with Crippen molar-refractivity contribution in [2.75, 3.05) is 0 Å². The van der Waals surface area contributed by atoms with Crippen LogP contribution >= 0.6 is 0 Å². The van der Waals surface area contributed by atoms with E-state index < -0.39 is 13.5 Å². The molecule has 0 amide bonds. The van der Waals surface area contributed by atoms with Crippen molar-refractivity contribution >= 4 is 28.0 Å². The average Bonchev–Trinajstić information content (AvgIpc) is 3.26. The van der Waals surface area contributed by atoms with Gasteiger partial charge in [-0.05, 0) is 0 Å². The zero-order valence-corrected chi connectivity index (χ0v) is 26.4. The molecule has 0 N–H and O–H groups in total. The number of hydrogen-bond donors (Lipinski definition) is 0. The summed E-state index contributed by atoms with van der Waals surface area (Å²) in [5.41, 5.74) is 17.6. The van der Waals surface area contributed by atoms with Crippen molar-refractivity contribution in [3.63, 3.8) is 0 Å². The predicted molar refractivity (Wildman–Crippen MR) is 172 cm³/mol. The Morgan fingerprint density at radius 2 is 1.02 bits per heavy atom. The quantitative estimate of drug-likeness (QED) is 0.194. The van der Waals surface area contributed by atoms with Crippen molar-refractivity contribution < 1.29 is 0 Å². The second-order valence-corrected chi connectivity index (χ2v) is 18.9. The molecule has 0 saturated heterocycles. The molecule has 5 aromatic rings. The van der Waals surface area contributed by atoms with E-state index in [4.69, 9.17) is 3.95 Å². The molecule has 1 atom stereocenters. The van der Waals surface area contributed by atoms with E-state index in [-0.39, 0.29) is 4.75 Å². The van der Waals surface area contributed by atoms with E-state index in [9.17, 15) is 0 Å². The molecule has 1 heterocycles. The Balaban J connectivity index is 1.74. The summed E-state index contributed by atoms with van der Waals surface area (Å²) < 4.78 is 9.56. The Hall–Kier alpha value is -3.69. The average molecular weight is 578 g/mol. The van der Waals surface area contributed by atoms with Gasteiger partial charge in [-0.2, -0.15) is 0 Å². The summed E-state index contributed by atoms with van der Waals surface area (Å²) in [4.78, 5) is 0. The van der Waals surface area contributed by atoms with Gasteiger partial charge in [-0.3, -0.25) is 0 Å². The van der Waals surface area contributed by atoms with E-state index in [1.54, 1.807) is 0 Å². The van der Waals surface area contributed by atoms with Gasteiger partial charge >= 0.3 is 242 Å². The molecule has 0 spiro atoms. The molecule has 0 radical (unpaired) electrons. The van der Waals surface area contributed by atoms with E-state index in [0.717, 1.165) is 0 Å². The molecule has 1 aliphatic carbocycles. The Morgan fingerprint density at radius 1 is 0.525 bits per heavy atom. The Kier molecular flexibility index (Phi) is 5.80. The molecule has 196 valence electrons. The number of nitrogens with zero attached hydrogens (tertiary/aromatic N) is 1. The van der Waals surface area contributed by atoms with E-state index in [1.807, 2.05) is 0 Å². The molecule has 2 heteroatoms. The van der Waals surface area contributed by atoms with Crippen molar-refractivity contribution in [1.29, 1.82) is 0 Å². The molecule has 5 aromatic carbocycles. The van der Waals surface area contributed by atoms with Gasteiger partial charge in [-0.1, -0.05) is 0 Å². The molecule has 7 rings (SSSR count). The van der Waals surface area contributed by atoms with Crippen LogP contribution < -0.4 is 8.79 Å². The van der Waals surface area contributed by atoms with Gasteiger partial charge in [-0.15, -0.1) is 0 Å². The number of rotatable bonds is 3. The minimum atomic E-state index is -3.69. The molecular weight excluding hydrogens is 543 g/mol. The fraction of sp³-hybridized carbons (Fsp3) is 0.184. The van der Waals surface area contributed by atoms with Crippen LogP contribution in [0.2, 0.25) is 0 Å². The van der Waals surface area contributed by atoms with Crippen LogP contribution in [-0.4, -0.2) is 19.2 Å². The fourth-order valence-corrected chi connectivity index (χ4v) is 20.5. The van der Waals surface area contributed by atoms with E-state index >= 15 is 0 Å². The molecule has 0 aromatic heterocycles. The van der Waals surface area contributed by atoms with Gasteiger partial charge in [0.05, 0.1) is 0 Å². The normalized spacial score (nSPS) is 16.4. The van der Waals surface area contributed by atoms with E-state index in [2.05, 4.69) is 139 Å². The monoisotopic (exact) mass is 579 g/mol. The summed E-state index contributed by atoms with van der Waals surface area (Å²) >= 11 is -3.69.